The lowest BCUT2D eigenvalue weighted by molar-refractivity contribution is -0.146. The highest BCUT2D eigenvalue weighted by molar-refractivity contribution is 6.72. The van der Waals surface area contributed by atoms with Gasteiger partial charge in [-0.15, -0.1) is 0 Å². The molecule has 2 saturated heterocycles. The molecule has 2 amide bonds. The van der Waals surface area contributed by atoms with E-state index < -0.39 is 31.6 Å². The number of hydrogen-bond acceptors (Lipinski definition) is 5. The molecular formula is C29H37FN2O5Si. The maximum absolute atomic E-state index is 15.7. The van der Waals surface area contributed by atoms with Crippen molar-refractivity contribution in [3.63, 3.8) is 0 Å². The molecule has 7 nitrogen and oxygen atoms in total. The van der Waals surface area contributed by atoms with Crippen LogP contribution in [-0.2, 0) is 26.5 Å². The number of amides is 2. The molecular weight excluding hydrogens is 503 g/mol. The van der Waals surface area contributed by atoms with Gasteiger partial charge in [-0.1, -0.05) is 19.1 Å². The van der Waals surface area contributed by atoms with Crippen LogP contribution < -0.4 is 14.5 Å². The molecule has 0 aliphatic carbocycles. The molecule has 38 heavy (non-hydrogen) atoms. The van der Waals surface area contributed by atoms with Gasteiger partial charge in [0.15, 0.2) is 5.60 Å². The second kappa shape index (κ2) is 10.1. The van der Waals surface area contributed by atoms with Crippen LogP contribution >= 0.6 is 0 Å². The Morgan fingerprint density at radius 1 is 1.16 bits per heavy atom. The molecule has 1 spiro atoms. The molecule has 0 bridgehead atoms. The second-order valence-electron chi connectivity index (χ2n) is 11.2. The number of hydrogen-bond donors (Lipinski definition) is 1. The second-order valence-corrected chi connectivity index (χ2v) is 15.0. The minimum absolute atomic E-state index is 0.136. The average Bonchev–Trinajstić information content (AvgIpc) is 3.31. The standard InChI is InChI=1S/C29H37FN2O5Si/c1-19-27(38(3,4)30)25(14-16-33)37-29(19)23-17-22(36-2)12-13-24(23)32(28(29)35)18-20-8-10-21(11-9-20)31-15-6-5-7-26(31)34/h8-13,17,19,25,27,33H,5-7,14-16,18H2,1-4H3/t19-,25+,27-,29+/m1/s1. The van der Waals surface area contributed by atoms with E-state index in [0.29, 0.717) is 24.3 Å². The third-order valence-electron chi connectivity index (χ3n) is 8.49. The minimum Gasteiger partial charge on any atom is -0.497 e. The molecule has 2 aromatic carbocycles. The first kappa shape index (κ1) is 26.8. The highest BCUT2D eigenvalue weighted by Crippen LogP contribution is 2.60. The fraction of sp³-hybridized carbons (Fsp3) is 0.517. The van der Waals surface area contributed by atoms with Gasteiger partial charge in [-0.05, 0) is 68.3 Å². The number of piperidine rings is 1. The number of benzene rings is 2. The summed E-state index contributed by atoms with van der Waals surface area (Å²) in [5.41, 5.74) is 1.41. The number of fused-ring (bicyclic) bond motifs is 2. The summed E-state index contributed by atoms with van der Waals surface area (Å²) in [6, 6.07) is 13.3. The van der Waals surface area contributed by atoms with Crippen LogP contribution in [0.5, 0.6) is 5.75 Å². The summed E-state index contributed by atoms with van der Waals surface area (Å²) >= 11 is 0. The van der Waals surface area contributed by atoms with E-state index in [2.05, 4.69) is 0 Å². The summed E-state index contributed by atoms with van der Waals surface area (Å²) in [6.45, 7) is 6.11. The quantitative estimate of drug-likeness (QED) is 0.399. The predicted molar refractivity (Wildman–Crippen MR) is 147 cm³/mol. The Bertz CT molecular complexity index is 1220. The summed E-state index contributed by atoms with van der Waals surface area (Å²) in [7, 11) is -1.67. The molecule has 0 unspecified atom stereocenters. The number of aliphatic hydroxyl groups excluding tert-OH is 1. The van der Waals surface area contributed by atoms with Crippen molar-refractivity contribution in [1.29, 1.82) is 0 Å². The molecule has 2 aromatic rings. The first-order valence-electron chi connectivity index (χ1n) is 13.5. The predicted octanol–water partition coefficient (Wildman–Crippen LogP) is 4.92. The van der Waals surface area contributed by atoms with E-state index >= 15 is 4.11 Å². The summed E-state index contributed by atoms with van der Waals surface area (Å²) in [5.74, 6) is 0.110. The summed E-state index contributed by atoms with van der Waals surface area (Å²) < 4.78 is 27.7. The number of carbonyl (C=O) groups is 2. The third-order valence-corrected chi connectivity index (χ3v) is 11.0. The molecule has 4 atom stereocenters. The summed E-state index contributed by atoms with van der Waals surface area (Å²) in [4.78, 5) is 30.2. The van der Waals surface area contributed by atoms with Gasteiger partial charge in [-0.2, -0.15) is 0 Å². The Morgan fingerprint density at radius 2 is 1.89 bits per heavy atom. The lowest BCUT2D eigenvalue weighted by atomic mass is 9.82. The molecule has 1 N–H and O–H groups in total. The zero-order chi connectivity index (χ0) is 27.2. The van der Waals surface area contributed by atoms with Gasteiger partial charge < -0.3 is 28.5 Å². The van der Waals surface area contributed by atoms with Crippen LogP contribution in [0, 0.1) is 5.92 Å². The van der Waals surface area contributed by atoms with Crippen LogP contribution in [0.3, 0.4) is 0 Å². The maximum Gasteiger partial charge on any atom is 0.264 e. The van der Waals surface area contributed by atoms with Gasteiger partial charge in [0.25, 0.3) is 5.91 Å². The first-order valence-corrected chi connectivity index (χ1v) is 16.4. The van der Waals surface area contributed by atoms with Crippen LogP contribution in [0.2, 0.25) is 18.6 Å². The molecule has 3 aliphatic heterocycles. The smallest absolute Gasteiger partial charge is 0.264 e. The Balaban J connectivity index is 1.50. The number of methoxy groups -OCH3 is 1. The van der Waals surface area contributed by atoms with Crippen molar-refractivity contribution in [3.8, 4) is 5.75 Å². The normalized spacial score (nSPS) is 27.4. The van der Waals surface area contributed by atoms with Gasteiger partial charge >= 0.3 is 0 Å². The zero-order valence-electron chi connectivity index (χ0n) is 22.6. The average molecular weight is 541 g/mol. The van der Waals surface area contributed by atoms with Gasteiger partial charge in [0.05, 0.1) is 25.4 Å². The highest BCUT2D eigenvalue weighted by atomic mass is 28.4. The number of anilines is 2. The van der Waals surface area contributed by atoms with Crippen LogP contribution in [0.25, 0.3) is 0 Å². The highest BCUT2D eigenvalue weighted by Gasteiger charge is 2.66. The van der Waals surface area contributed by atoms with E-state index in [-0.39, 0.29) is 24.8 Å². The van der Waals surface area contributed by atoms with Gasteiger partial charge in [-0.25, -0.2) is 0 Å². The van der Waals surface area contributed by atoms with Crippen molar-refractivity contribution < 1.29 is 28.3 Å². The van der Waals surface area contributed by atoms with Gasteiger partial charge in [0.2, 0.25) is 14.3 Å². The van der Waals surface area contributed by atoms with Crippen LogP contribution in [-0.4, -0.2) is 51.7 Å². The molecule has 3 heterocycles. The molecule has 5 rings (SSSR count). The van der Waals surface area contributed by atoms with Crippen molar-refractivity contribution in [2.24, 2.45) is 5.92 Å². The largest absolute Gasteiger partial charge is 0.497 e. The van der Waals surface area contributed by atoms with Crippen molar-refractivity contribution in [3.05, 3.63) is 53.6 Å². The molecule has 0 radical (unpaired) electrons. The van der Waals surface area contributed by atoms with Crippen molar-refractivity contribution in [2.45, 2.75) is 69.5 Å². The number of rotatable bonds is 7. The van der Waals surface area contributed by atoms with Gasteiger partial charge in [0, 0.05) is 42.3 Å². The summed E-state index contributed by atoms with van der Waals surface area (Å²) in [6.07, 6.45) is 2.22. The van der Waals surface area contributed by atoms with Crippen LogP contribution in [0.1, 0.15) is 43.7 Å². The zero-order valence-corrected chi connectivity index (χ0v) is 23.6. The topological polar surface area (TPSA) is 79.3 Å². The van der Waals surface area contributed by atoms with E-state index in [4.69, 9.17) is 9.47 Å². The monoisotopic (exact) mass is 540 g/mol. The molecule has 0 aromatic heterocycles. The molecule has 3 aliphatic rings. The fourth-order valence-corrected chi connectivity index (χ4v) is 9.29. The number of ether oxygens (including phenoxy) is 2. The summed E-state index contributed by atoms with van der Waals surface area (Å²) in [5, 5.41) is 9.72. The van der Waals surface area contributed by atoms with Crippen molar-refractivity contribution >= 4 is 31.6 Å². The lowest BCUT2D eigenvalue weighted by Crippen LogP contribution is -2.45. The Morgan fingerprint density at radius 3 is 2.53 bits per heavy atom. The molecule has 204 valence electrons. The number of aliphatic hydroxyl groups is 1. The van der Waals surface area contributed by atoms with E-state index in [1.165, 1.54) is 0 Å². The lowest BCUT2D eigenvalue weighted by Gasteiger charge is -2.31. The number of carbonyl (C=O) groups excluding carboxylic acids is 2. The molecule has 9 heteroatoms. The SMILES string of the molecule is COc1ccc2c(c1)[C@]1(O[C@@H](CCO)[C@H]([Si](C)(C)F)[C@H]1C)C(=O)N2Cc1ccc(N2CCCCC2=O)cc1. The number of nitrogens with zero attached hydrogens (tertiary/aromatic N) is 2. The van der Waals surface area contributed by atoms with E-state index in [9.17, 15) is 14.7 Å². The Labute approximate surface area is 224 Å². The Hall–Kier alpha value is -2.75. The third kappa shape index (κ3) is 4.34. The fourth-order valence-electron chi connectivity index (χ4n) is 6.75. The van der Waals surface area contributed by atoms with Crippen LogP contribution in [0.15, 0.2) is 42.5 Å². The number of halogens is 1. The first-order chi connectivity index (χ1) is 18.1. The Kier molecular flexibility index (Phi) is 7.13. The van der Waals surface area contributed by atoms with E-state index in [1.54, 1.807) is 25.1 Å². The molecule has 0 saturated carbocycles. The van der Waals surface area contributed by atoms with Crippen molar-refractivity contribution in [2.75, 3.05) is 30.1 Å². The maximum atomic E-state index is 15.7. The molecule has 2 fully saturated rings. The van der Waals surface area contributed by atoms with Gasteiger partial charge in [-0.3, -0.25) is 9.59 Å². The van der Waals surface area contributed by atoms with E-state index in [0.717, 1.165) is 36.3 Å². The van der Waals surface area contributed by atoms with Crippen molar-refractivity contribution in [1.82, 2.24) is 0 Å². The van der Waals surface area contributed by atoms with Gasteiger partial charge in [0.1, 0.15) is 5.75 Å². The van der Waals surface area contributed by atoms with Crippen LogP contribution in [0.4, 0.5) is 15.5 Å². The minimum atomic E-state index is -3.25. The van der Waals surface area contributed by atoms with E-state index in [1.807, 2.05) is 54.3 Å².